The molecule has 6 nitrogen and oxygen atoms in total. The molecular weight excluding hydrogens is 388 g/mol. The molecule has 6 heteroatoms. The number of rotatable bonds is 6. The molecule has 0 aliphatic carbocycles. The summed E-state index contributed by atoms with van der Waals surface area (Å²) in [6, 6.07) is 25.0. The standard InChI is InChI=1S/C25H24N4O2/c1-28(2)19-15-13-18(14-16-19)26-25(30)22-17-29(20-9-5-4-6-10-20)27-24(22)21-11-7-8-12-23(21)31-3/h4-17H,1-3H3,(H,26,30). The van der Waals surface area contributed by atoms with E-state index in [2.05, 4.69) is 5.32 Å². The maximum absolute atomic E-state index is 13.3. The van der Waals surface area contributed by atoms with Gasteiger partial charge in [0, 0.05) is 37.2 Å². The predicted octanol–water partition coefficient (Wildman–Crippen LogP) is 4.87. The smallest absolute Gasteiger partial charge is 0.259 e. The normalized spacial score (nSPS) is 10.5. The molecule has 31 heavy (non-hydrogen) atoms. The Morgan fingerprint density at radius 1 is 0.935 bits per heavy atom. The van der Waals surface area contributed by atoms with Gasteiger partial charge in [-0.15, -0.1) is 0 Å². The molecule has 1 N–H and O–H groups in total. The van der Waals surface area contributed by atoms with Crippen LogP contribution in [-0.2, 0) is 0 Å². The lowest BCUT2D eigenvalue weighted by atomic mass is 10.1. The minimum absolute atomic E-state index is 0.235. The van der Waals surface area contributed by atoms with E-state index < -0.39 is 0 Å². The van der Waals surface area contributed by atoms with Crippen LogP contribution in [0.15, 0.2) is 85.1 Å². The Morgan fingerprint density at radius 2 is 1.61 bits per heavy atom. The molecule has 156 valence electrons. The van der Waals surface area contributed by atoms with Crippen LogP contribution < -0.4 is 15.0 Å². The fourth-order valence-corrected chi connectivity index (χ4v) is 3.33. The molecule has 3 aromatic carbocycles. The number of nitrogens with zero attached hydrogens (tertiary/aromatic N) is 3. The first-order chi connectivity index (χ1) is 15.1. The summed E-state index contributed by atoms with van der Waals surface area (Å²) in [5.74, 6) is 0.422. The van der Waals surface area contributed by atoms with Gasteiger partial charge in [-0.3, -0.25) is 4.79 Å². The molecule has 0 fully saturated rings. The maximum Gasteiger partial charge on any atom is 0.259 e. The number of para-hydroxylation sites is 2. The number of hydrogen-bond donors (Lipinski definition) is 1. The third-order valence-electron chi connectivity index (χ3n) is 4.98. The Balaban J connectivity index is 1.74. The monoisotopic (exact) mass is 412 g/mol. The van der Waals surface area contributed by atoms with Crippen molar-refractivity contribution in [2.75, 3.05) is 31.4 Å². The number of nitrogens with one attached hydrogen (secondary N) is 1. The van der Waals surface area contributed by atoms with E-state index in [9.17, 15) is 4.79 Å². The van der Waals surface area contributed by atoms with E-state index in [0.29, 0.717) is 22.7 Å². The number of methoxy groups -OCH3 is 1. The molecule has 0 unspecified atom stereocenters. The molecule has 0 bridgehead atoms. The highest BCUT2D eigenvalue weighted by Gasteiger charge is 2.21. The summed E-state index contributed by atoms with van der Waals surface area (Å²) < 4.78 is 7.23. The van der Waals surface area contributed by atoms with Crippen molar-refractivity contribution in [3.05, 3.63) is 90.6 Å². The SMILES string of the molecule is COc1ccccc1-c1nn(-c2ccccc2)cc1C(=O)Nc1ccc(N(C)C)cc1. The quantitative estimate of drug-likeness (QED) is 0.491. The first-order valence-corrected chi connectivity index (χ1v) is 9.94. The molecule has 0 aliphatic heterocycles. The molecular formula is C25H24N4O2. The van der Waals surface area contributed by atoms with Crippen LogP contribution in [0.1, 0.15) is 10.4 Å². The van der Waals surface area contributed by atoms with Crippen molar-refractivity contribution in [2.24, 2.45) is 0 Å². The lowest BCUT2D eigenvalue weighted by Gasteiger charge is -2.13. The highest BCUT2D eigenvalue weighted by molar-refractivity contribution is 6.08. The van der Waals surface area contributed by atoms with Gasteiger partial charge >= 0.3 is 0 Å². The first kappa shape index (κ1) is 20.2. The topological polar surface area (TPSA) is 59.4 Å². The zero-order valence-corrected chi connectivity index (χ0v) is 17.7. The number of carbonyl (C=O) groups is 1. The number of hydrogen-bond acceptors (Lipinski definition) is 4. The fourth-order valence-electron chi connectivity index (χ4n) is 3.33. The number of ether oxygens (including phenoxy) is 1. The fraction of sp³-hybridized carbons (Fsp3) is 0.120. The van der Waals surface area contributed by atoms with Gasteiger partial charge in [-0.25, -0.2) is 4.68 Å². The molecule has 0 saturated carbocycles. The largest absolute Gasteiger partial charge is 0.496 e. The molecule has 0 saturated heterocycles. The van der Waals surface area contributed by atoms with Crippen LogP contribution in [-0.4, -0.2) is 36.9 Å². The van der Waals surface area contributed by atoms with Crippen molar-refractivity contribution in [1.29, 1.82) is 0 Å². The van der Waals surface area contributed by atoms with Crippen molar-refractivity contribution in [3.8, 4) is 22.7 Å². The Hall–Kier alpha value is -4.06. The minimum atomic E-state index is -0.235. The number of amides is 1. The summed E-state index contributed by atoms with van der Waals surface area (Å²) in [6.45, 7) is 0. The zero-order chi connectivity index (χ0) is 21.8. The van der Waals surface area contributed by atoms with Crippen LogP contribution in [0.5, 0.6) is 5.75 Å². The Morgan fingerprint density at radius 3 is 2.29 bits per heavy atom. The Labute approximate surface area is 181 Å². The molecule has 0 radical (unpaired) electrons. The third kappa shape index (κ3) is 4.28. The van der Waals surface area contributed by atoms with Gasteiger partial charge < -0.3 is 15.0 Å². The van der Waals surface area contributed by atoms with Crippen LogP contribution in [0, 0.1) is 0 Å². The van der Waals surface area contributed by atoms with Gasteiger partial charge in [-0.2, -0.15) is 5.10 Å². The summed E-state index contributed by atoms with van der Waals surface area (Å²) in [7, 11) is 5.56. The van der Waals surface area contributed by atoms with E-state index >= 15 is 0 Å². The average molecular weight is 412 g/mol. The van der Waals surface area contributed by atoms with Gasteiger partial charge in [-0.1, -0.05) is 30.3 Å². The predicted molar refractivity (Wildman–Crippen MR) is 124 cm³/mol. The van der Waals surface area contributed by atoms with Crippen molar-refractivity contribution < 1.29 is 9.53 Å². The Kier molecular flexibility index (Phi) is 5.71. The summed E-state index contributed by atoms with van der Waals surface area (Å²) in [5, 5.41) is 7.71. The summed E-state index contributed by atoms with van der Waals surface area (Å²) in [5.41, 5.74) is 4.42. The van der Waals surface area contributed by atoms with E-state index in [1.807, 2.05) is 97.9 Å². The maximum atomic E-state index is 13.3. The van der Waals surface area contributed by atoms with E-state index in [0.717, 1.165) is 16.9 Å². The second kappa shape index (κ2) is 8.75. The molecule has 0 atom stereocenters. The number of benzene rings is 3. The van der Waals surface area contributed by atoms with E-state index in [4.69, 9.17) is 9.84 Å². The average Bonchev–Trinajstić information content (AvgIpc) is 3.25. The second-order valence-electron chi connectivity index (χ2n) is 7.27. The number of anilines is 2. The molecule has 1 amide bonds. The van der Waals surface area contributed by atoms with Gasteiger partial charge in [0.1, 0.15) is 11.4 Å². The van der Waals surface area contributed by atoms with E-state index in [1.165, 1.54) is 0 Å². The summed E-state index contributed by atoms with van der Waals surface area (Å²) in [4.78, 5) is 15.3. The van der Waals surface area contributed by atoms with Gasteiger partial charge in [-0.05, 0) is 48.5 Å². The van der Waals surface area contributed by atoms with Gasteiger partial charge in [0.25, 0.3) is 5.91 Å². The van der Waals surface area contributed by atoms with Crippen LogP contribution >= 0.6 is 0 Å². The Bertz CT molecular complexity index is 1180. The summed E-state index contributed by atoms with van der Waals surface area (Å²) >= 11 is 0. The number of aromatic nitrogens is 2. The van der Waals surface area contributed by atoms with E-state index in [1.54, 1.807) is 18.0 Å². The third-order valence-corrected chi connectivity index (χ3v) is 4.98. The lowest BCUT2D eigenvalue weighted by molar-refractivity contribution is 0.102. The van der Waals surface area contributed by atoms with Crippen LogP contribution in [0.25, 0.3) is 16.9 Å². The highest BCUT2D eigenvalue weighted by Crippen LogP contribution is 2.32. The molecule has 4 rings (SSSR count). The molecule has 1 heterocycles. The minimum Gasteiger partial charge on any atom is -0.496 e. The van der Waals surface area contributed by atoms with Gasteiger partial charge in [0.05, 0.1) is 18.4 Å². The molecule has 1 aromatic heterocycles. The van der Waals surface area contributed by atoms with Crippen LogP contribution in [0.3, 0.4) is 0 Å². The molecule has 0 spiro atoms. The van der Waals surface area contributed by atoms with Gasteiger partial charge in [0.2, 0.25) is 0 Å². The van der Waals surface area contributed by atoms with Crippen molar-refractivity contribution in [1.82, 2.24) is 9.78 Å². The summed E-state index contributed by atoms with van der Waals surface area (Å²) in [6.07, 6.45) is 1.75. The molecule has 4 aromatic rings. The second-order valence-corrected chi connectivity index (χ2v) is 7.27. The molecule has 0 aliphatic rings. The zero-order valence-electron chi connectivity index (χ0n) is 17.7. The van der Waals surface area contributed by atoms with Crippen molar-refractivity contribution >= 4 is 17.3 Å². The van der Waals surface area contributed by atoms with Gasteiger partial charge in [0.15, 0.2) is 0 Å². The van der Waals surface area contributed by atoms with E-state index in [-0.39, 0.29) is 5.91 Å². The van der Waals surface area contributed by atoms with Crippen molar-refractivity contribution in [3.63, 3.8) is 0 Å². The first-order valence-electron chi connectivity index (χ1n) is 9.94. The van der Waals surface area contributed by atoms with Crippen LogP contribution in [0.2, 0.25) is 0 Å². The lowest BCUT2D eigenvalue weighted by Crippen LogP contribution is -2.13. The highest BCUT2D eigenvalue weighted by atomic mass is 16.5. The number of carbonyl (C=O) groups excluding carboxylic acids is 1. The van der Waals surface area contributed by atoms with Crippen LogP contribution in [0.4, 0.5) is 11.4 Å². The van der Waals surface area contributed by atoms with Crippen molar-refractivity contribution in [2.45, 2.75) is 0 Å².